The zero-order valence-corrected chi connectivity index (χ0v) is 8.29. The van der Waals surface area contributed by atoms with Crippen LogP contribution in [0.5, 0.6) is 0 Å². The minimum absolute atomic E-state index is 1.35. The molecule has 1 nitrogen and oxygen atoms in total. The second-order valence-corrected chi connectivity index (χ2v) is 10.6. The van der Waals surface area contributed by atoms with Crippen LogP contribution in [0.2, 0.25) is 0 Å². The molecule has 0 aromatic heterocycles. The van der Waals surface area contributed by atoms with Gasteiger partial charge in [0.05, 0.1) is 0 Å². The van der Waals surface area contributed by atoms with E-state index in [1.165, 1.54) is 31.6 Å². The molecule has 0 aromatic carbocycles. The van der Waals surface area contributed by atoms with Gasteiger partial charge in [-0.15, -0.1) is 0 Å². The molecule has 0 spiro atoms. The Morgan fingerprint density at radius 2 is 1.50 bits per heavy atom. The minimum atomic E-state index is -1.57. The first kappa shape index (κ1) is 8.49. The molecule has 2 heteroatoms. The van der Waals surface area contributed by atoms with Crippen molar-refractivity contribution in [2.75, 3.05) is 32.8 Å². The van der Waals surface area contributed by atoms with E-state index in [4.69, 9.17) is 4.52 Å². The molecule has 0 N–H and O–H groups in total. The first-order valence-corrected chi connectivity index (χ1v) is 7.54. The van der Waals surface area contributed by atoms with E-state index in [-0.39, 0.29) is 0 Å². The molecule has 1 saturated heterocycles. The number of rotatable bonds is 1. The maximum absolute atomic E-state index is 5.70. The summed E-state index contributed by atoms with van der Waals surface area (Å²) in [5.41, 5.74) is 0. The van der Waals surface area contributed by atoms with Crippen LogP contribution in [0.4, 0.5) is 0 Å². The summed E-state index contributed by atoms with van der Waals surface area (Å²) in [6.45, 7) is 3.16. The predicted molar refractivity (Wildman–Crippen MR) is 49.4 cm³/mol. The molecule has 0 bridgehead atoms. The zero-order valence-electron chi connectivity index (χ0n) is 7.39. The molecule has 0 unspecified atom stereocenters. The maximum atomic E-state index is 5.70. The van der Waals surface area contributed by atoms with E-state index in [1.54, 1.807) is 0 Å². The second-order valence-electron chi connectivity index (χ2n) is 4.25. The monoisotopic (exact) mass is 162 g/mol. The van der Waals surface area contributed by atoms with E-state index < -0.39 is 6.83 Å². The van der Waals surface area contributed by atoms with Crippen LogP contribution in [0.25, 0.3) is 0 Å². The summed E-state index contributed by atoms with van der Waals surface area (Å²) in [6.07, 6.45) is 6.89. The summed E-state index contributed by atoms with van der Waals surface area (Å²) >= 11 is 0. The van der Waals surface area contributed by atoms with Crippen molar-refractivity contribution in [3.05, 3.63) is 0 Å². The van der Waals surface area contributed by atoms with Gasteiger partial charge in [0, 0.05) is 0 Å². The third-order valence-electron chi connectivity index (χ3n) is 2.83. The summed E-state index contributed by atoms with van der Waals surface area (Å²) in [5, 5.41) is 0. The molecule has 1 rings (SSSR count). The van der Waals surface area contributed by atoms with Gasteiger partial charge < -0.3 is 0 Å². The van der Waals surface area contributed by atoms with Gasteiger partial charge in [-0.3, -0.25) is 0 Å². The molecule has 0 aromatic rings. The summed E-state index contributed by atoms with van der Waals surface area (Å²) in [6, 6.07) is 0. The topological polar surface area (TPSA) is 9.23 Å². The van der Waals surface area contributed by atoms with E-state index in [9.17, 15) is 0 Å². The van der Waals surface area contributed by atoms with Gasteiger partial charge >= 0.3 is 63.4 Å². The van der Waals surface area contributed by atoms with E-state index in [1.807, 2.05) is 7.11 Å². The molecule has 0 amide bonds. The van der Waals surface area contributed by atoms with Crippen molar-refractivity contribution in [3.8, 4) is 0 Å². The molecule has 1 fully saturated rings. The van der Waals surface area contributed by atoms with Crippen LogP contribution in [0.15, 0.2) is 0 Å². The Hall–Kier alpha value is 0.390. The predicted octanol–water partition coefficient (Wildman–Crippen LogP) is 2.54. The fourth-order valence-corrected chi connectivity index (χ4v) is 4.69. The number of hydrogen-bond donors (Lipinski definition) is 0. The van der Waals surface area contributed by atoms with E-state index >= 15 is 0 Å². The van der Waals surface area contributed by atoms with Gasteiger partial charge in [0.15, 0.2) is 0 Å². The molecular formula is C8H19OP. The van der Waals surface area contributed by atoms with E-state index in [0.717, 1.165) is 0 Å². The third kappa shape index (κ3) is 1.71. The molecule has 0 atom stereocenters. The summed E-state index contributed by atoms with van der Waals surface area (Å²) in [4.78, 5) is 0. The Balaban J connectivity index is 2.63. The SMILES string of the molecule is COP1(C)(C)CCCCC1. The molecule has 62 valence electrons. The molecule has 1 heterocycles. The Labute approximate surface area is 64.2 Å². The molecule has 1 aliphatic rings. The molecule has 0 aliphatic carbocycles. The van der Waals surface area contributed by atoms with Crippen LogP contribution >= 0.6 is 6.83 Å². The quantitative estimate of drug-likeness (QED) is 0.538. The molecule has 1 aliphatic heterocycles. The zero-order chi connectivity index (χ0) is 7.69. The van der Waals surface area contributed by atoms with Gasteiger partial charge in [-0.1, -0.05) is 0 Å². The number of hydrogen-bond acceptors (Lipinski definition) is 1. The van der Waals surface area contributed by atoms with Crippen molar-refractivity contribution in [2.45, 2.75) is 19.3 Å². The second kappa shape index (κ2) is 2.46. The van der Waals surface area contributed by atoms with Gasteiger partial charge in [-0.2, -0.15) is 0 Å². The van der Waals surface area contributed by atoms with Gasteiger partial charge in [0.25, 0.3) is 0 Å². The fraction of sp³-hybridized carbons (Fsp3) is 1.00. The summed E-state index contributed by atoms with van der Waals surface area (Å²) < 4.78 is 5.70. The van der Waals surface area contributed by atoms with Crippen molar-refractivity contribution in [1.82, 2.24) is 0 Å². The average molecular weight is 162 g/mol. The first-order valence-electron chi connectivity index (χ1n) is 4.12. The standard InChI is InChI=1S/C8H19OP/c1-9-10(2,3)7-5-4-6-8-10/h4-8H2,1-3H3. The molecule has 10 heavy (non-hydrogen) atoms. The molecule has 0 radical (unpaired) electrons. The van der Waals surface area contributed by atoms with Crippen LogP contribution in [-0.4, -0.2) is 32.8 Å². The van der Waals surface area contributed by atoms with Crippen LogP contribution in [0.1, 0.15) is 19.3 Å². The van der Waals surface area contributed by atoms with Crippen LogP contribution in [0.3, 0.4) is 0 Å². The Bertz CT molecular complexity index is 121. The van der Waals surface area contributed by atoms with Gasteiger partial charge in [0.1, 0.15) is 0 Å². The Kier molecular flexibility index (Phi) is 2.09. The van der Waals surface area contributed by atoms with Crippen molar-refractivity contribution in [1.29, 1.82) is 0 Å². The van der Waals surface area contributed by atoms with Gasteiger partial charge in [-0.25, -0.2) is 0 Å². The van der Waals surface area contributed by atoms with Crippen LogP contribution < -0.4 is 0 Å². The van der Waals surface area contributed by atoms with Gasteiger partial charge in [-0.05, 0) is 0 Å². The average Bonchev–Trinajstić information content (AvgIpc) is 1.89. The van der Waals surface area contributed by atoms with Crippen molar-refractivity contribution in [2.24, 2.45) is 0 Å². The van der Waals surface area contributed by atoms with E-state index in [0.29, 0.717) is 0 Å². The molecular weight excluding hydrogens is 143 g/mol. The van der Waals surface area contributed by atoms with Crippen molar-refractivity contribution in [3.63, 3.8) is 0 Å². The van der Waals surface area contributed by atoms with Crippen LogP contribution in [-0.2, 0) is 4.52 Å². The van der Waals surface area contributed by atoms with Crippen molar-refractivity contribution < 1.29 is 4.52 Å². The first-order chi connectivity index (χ1) is 4.55. The normalized spacial score (nSPS) is 34.1. The Morgan fingerprint density at radius 3 is 1.80 bits per heavy atom. The van der Waals surface area contributed by atoms with Gasteiger partial charge in [0.2, 0.25) is 0 Å². The summed E-state index contributed by atoms with van der Waals surface area (Å²) in [7, 11) is 1.89. The van der Waals surface area contributed by atoms with E-state index in [2.05, 4.69) is 13.3 Å². The molecule has 0 saturated carbocycles. The van der Waals surface area contributed by atoms with Crippen LogP contribution in [0, 0.1) is 0 Å². The summed E-state index contributed by atoms with van der Waals surface area (Å²) in [5.74, 6) is 0. The van der Waals surface area contributed by atoms with Crippen molar-refractivity contribution >= 4 is 6.83 Å². The third-order valence-corrected chi connectivity index (χ3v) is 7.50. The Morgan fingerprint density at radius 1 is 1.00 bits per heavy atom. The fourth-order valence-electron chi connectivity index (χ4n) is 1.68.